The predicted molar refractivity (Wildman–Crippen MR) is 102 cm³/mol. The van der Waals surface area contributed by atoms with Gasteiger partial charge in [0.1, 0.15) is 5.75 Å². The van der Waals surface area contributed by atoms with Crippen LogP contribution < -0.4 is 15.4 Å². The average molecular weight is 358 g/mol. The van der Waals surface area contributed by atoms with Crippen molar-refractivity contribution in [2.24, 2.45) is 0 Å². The van der Waals surface area contributed by atoms with Crippen molar-refractivity contribution < 1.29 is 4.74 Å². The number of hydrogen-bond acceptors (Lipinski definition) is 7. The van der Waals surface area contributed by atoms with E-state index >= 15 is 0 Å². The van der Waals surface area contributed by atoms with Crippen LogP contribution in [0.3, 0.4) is 0 Å². The molecule has 0 aliphatic rings. The summed E-state index contributed by atoms with van der Waals surface area (Å²) >= 11 is 1.58. The minimum absolute atomic E-state index is 0.634. The number of nitrogens with two attached hydrogens (primary N) is 1. The number of anilines is 2. The van der Waals surface area contributed by atoms with Gasteiger partial charge in [-0.25, -0.2) is 15.0 Å². The highest BCUT2D eigenvalue weighted by Gasteiger charge is 2.14. The Morgan fingerprint density at radius 2 is 2.08 bits per heavy atom. The summed E-state index contributed by atoms with van der Waals surface area (Å²) in [4.78, 5) is 15.8. The maximum atomic E-state index is 5.98. The summed E-state index contributed by atoms with van der Waals surface area (Å²) in [7, 11) is 5.54. The fourth-order valence-electron chi connectivity index (χ4n) is 2.54. The largest absolute Gasteiger partial charge is 0.495 e. The minimum atomic E-state index is 0.634. The molecule has 0 unspecified atom stereocenters. The van der Waals surface area contributed by atoms with Crippen LogP contribution in [0.25, 0.3) is 11.2 Å². The van der Waals surface area contributed by atoms with E-state index in [1.807, 2.05) is 48.1 Å². The fraction of sp³-hybridized carbons (Fsp3) is 0.353. The van der Waals surface area contributed by atoms with Gasteiger partial charge in [0, 0.05) is 26.4 Å². The van der Waals surface area contributed by atoms with Crippen molar-refractivity contribution in [3.05, 3.63) is 30.1 Å². The SMILES string of the molecule is CCn1cnc2c(N(C)C)nc(SCc3ccc(OC)c(N)c3)nc21. The Kier molecular flexibility index (Phi) is 4.98. The van der Waals surface area contributed by atoms with E-state index < -0.39 is 0 Å². The maximum Gasteiger partial charge on any atom is 0.191 e. The van der Waals surface area contributed by atoms with E-state index in [-0.39, 0.29) is 0 Å². The number of hydrogen-bond donors (Lipinski definition) is 1. The van der Waals surface area contributed by atoms with Gasteiger partial charge in [0.2, 0.25) is 0 Å². The first-order valence-corrected chi connectivity index (χ1v) is 8.97. The highest BCUT2D eigenvalue weighted by atomic mass is 32.2. The van der Waals surface area contributed by atoms with Gasteiger partial charge >= 0.3 is 0 Å². The van der Waals surface area contributed by atoms with Crippen molar-refractivity contribution in [1.29, 1.82) is 0 Å². The Morgan fingerprint density at radius 1 is 1.28 bits per heavy atom. The van der Waals surface area contributed by atoms with Gasteiger partial charge in [-0.2, -0.15) is 0 Å². The summed E-state index contributed by atoms with van der Waals surface area (Å²) in [5.74, 6) is 2.24. The monoisotopic (exact) mass is 358 g/mol. The van der Waals surface area contributed by atoms with Crippen LogP contribution >= 0.6 is 11.8 Å². The van der Waals surface area contributed by atoms with Crippen LogP contribution in [0, 0.1) is 0 Å². The standard InChI is InChI=1S/C17H22N6OS/c1-5-23-10-19-14-15(22(2)3)20-17(21-16(14)23)25-9-11-6-7-13(24-4)12(18)8-11/h6-8,10H,5,9,18H2,1-4H3. The van der Waals surface area contributed by atoms with Crippen LogP contribution in [0.2, 0.25) is 0 Å². The molecule has 132 valence electrons. The number of fused-ring (bicyclic) bond motifs is 1. The number of aromatic nitrogens is 4. The summed E-state index contributed by atoms with van der Waals surface area (Å²) in [6.07, 6.45) is 1.81. The van der Waals surface area contributed by atoms with Crippen LogP contribution in [-0.4, -0.2) is 40.7 Å². The first kappa shape index (κ1) is 17.3. The molecule has 0 atom stereocenters. The highest BCUT2D eigenvalue weighted by Crippen LogP contribution is 2.29. The number of methoxy groups -OCH3 is 1. The molecule has 2 N–H and O–H groups in total. The minimum Gasteiger partial charge on any atom is -0.495 e. The summed E-state index contributed by atoms with van der Waals surface area (Å²) in [5.41, 5.74) is 9.40. The van der Waals surface area contributed by atoms with Gasteiger partial charge in [0.05, 0.1) is 19.1 Å². The molecular formula is C17H22N6OS. The molecule has 8 heteroatoms. The van der Waals surface area contributed by atoms with E-state index in [9.17, 15) is 0 Å². The van der Waals surface area contributed by atoms with Gasteiger partial charge in [-0.3, -0.25) is 0 Å². The van der Waals surface area contributed by atoms with Crippen molar-refractivity contribution in [3.8, 4) is 5.75 Å². The van der Waals surface area contributed by atoms with Crippen molar-refractivity contribution in [2.75, 3.05) is 31.8 Å². The Hall–Kier alpha value is -2.48. The molecule has 0 aliphatic carbocycles. The zero-order valence-corrected chi connectivity index (χ0v) is 15.7. The van der Waals surface area contributed by atoms with Crippen LogP contribution in [-0.2, 0) is 12.3 Å². The summed E-state index contributed by atoms with van der Waals surface area (Å²) in [5, 5.41) is 0.723. The molecule has 3 rings (SSSR count). The molecule has 0 saturated carbocycles. The van der Waals surface area contributed by atoms with Crippen LogP contribution in [0.5, 0.6) is 5.75 Å². The molecule has 0 bridgehead atoms. The number of nitrogen functional groups attached to an aromatic ring is 1. The van der Waals surface area contributed by atoms with Gasteiger partial charge < -0.3 is 19.9 Å². The number of rotatable bonds is 6. The van der Waals surface area contributed by atoms with Gasteiger partial charge in [-0.05, 0) is 24.6 Å². The lowest BCUT2D eigenvalue weighted by molar-refractivity contribution is 0.417. The summed E-state index contributed by atoms with van der Waals surface area (Å²) in [6, 6.07) is 5.81. The van der Waals surface area contributed by atoms with E-state index in [2.05, 4.69) is 21.9 Å². The van der Waals surface area contributed by atoms with Crippen molar-refractivity contribution in [2.45, 2.75) is 24.4 Å². The molecule has 0 aliphatic heterocycles. The highest BCUT2D eigenvalue weighted by molar-refractivity contribution is 7.98. The molecule has 25 heavy (non-hydrogen) atoms. The quantitative estimate of drug-likeness (QED) is 0.412. The van der Waals surface area contributed by atoms with E-state index in [1.54, 1.807) is 18.9 Å². The lowest BCUT2D eigenvalue weighted by atomic mass is 10.2. The Balaban J connectivity index is 1.89. The van der Waals surface area contributed by atoms with Crippen LogP contribution in [0.4, 0.5) is 11.5 Å². The molecular weight excluding hydrogens is 336 g/mol. The predicted octanol–water partition coefficient (Wildman–Crippen LogP) is 2.80. The smallest absolute Gasteiger partial charge is 0.191 e. The van der Waals surface area contributed by atoms with E-state index in [0.29, 0.717) is 11.4 Å². The molecule has 0 amide bonds. The number of nitrogens with zero attached hydrogens (tertiary/aromatic N) is 5. The van der Waals surface area contributed by atoms with Gasteiger partial charge in [0.15, 0.2) is 22.1 Å². The lowest BCUT2D eigenvalue weighted by Gasteiger charge is -2.13. The van der Waals surface area contributed by atoms with Crippen molar-refractivity contribution in [3.63, 3.8) is 0 Å². The normalized spacial score (nSPS) is 11.0. The average Bonchev–Trinajstić information content (AvgIpc) is 3.02. The first-order chi connectivity index (χ1) is 12.0. The van der Waals surface area contributed by atoms with E-state index in [1.165, 1.54) is 0 Å². The Morgan fingerprint density at radius 3 is 2.72 bits per heavy atom. The molecule has 3 aromatic rings. The fourth-order valence-corrected chi connectivity index (χ4v) is 3.32. The molecule has 2 aromatic heterocycles. The zero-order valence-electron chi connectivity index (χ0n) is 14.9. The Labute approximate surface area is 151 Å². The van der Waals surface area contributed by atoms with Gasteiger partial charge in [0.25, 0.3) is 0 Å². The topological polar surface area (TPSA) is 82.1 Å². The Bertz CT molecular complexity index is 892. The third-order valence-corrected chi connectivity index (χ3v) is 4.77. The summed E-state index contributed by atoms with van der Waals surface area (Å²) in [6.45, 7) is 2.89. The number of ether oxygens (including phenoxy) is 1. The molecule has 0 spiro atoms. The van der Waals surface area contributed by atoms with Gasteiger partial charge in [-0.1, -0.05) is 17.8 Å². The molecule has 2 heterocycles. The first-order valence-electron chi connectivity index (χ1n) is 7.98. The number of imidazole rings is 1. The summed E-state index contributed by atoms with van der Waals surface area (Å²) < 4.78 is 7.23. The van der Waals surface area contributed by atoms with Gasteiger partial charge in [-0.15, -0.1) is 0 Å². The molecule has 0 saturated heterocycles. The second kappa shape index (κ2) is 7.18. The maximum absolute atomic E-state index is 5.98. The third-order valence-electron chi connectivity index (χ3n) is 3.85. The third kappa shape index (κ3) is 3.48. The second-order valence-corrected chi connectivity index (χ2v) is 6.73. The molecule has 7 nitrogen and oxygen atoms in total. The second-order valence-electron chi connectivity index (χ2n) is 5.79. The van der Waals surface area contributed by atoms with Crippen molar-refractivity contribution >= 4 is 34.4 Å². The molecule has 0 fully saturated rings. The lowest BCUT2D eigenvalue weighted by Crippen LogP contribution is -2.12. The van der Waals surface area contributed by atoms with Crippen molar-refractivity contribution in [1.82, 2.24) is 19.5 Å². The van der Waals surface area contributed by atoms with E-state index in [0.717, 1.165) is 40.0 Å². The number of aryl methyl sites for hydroxylation is 1. The van der Waals surface area contributed by atoms with Crippen LogP contribution in [0.15, 0.2) is 29.7 Å². The number of thioether (sulfide) groups is 1. The molecule has 0 radical (unpaired) electrons. The zero-order chi connectivity index (χ0) is 18.0. The van der Waals surface area contributed by atoms with Crippen LogP contribution in [0.1, 0.15) is 12.5 Å². The number of benzene rings is 1. The molecule has 1 aromatic carbocycles. The van der Waals surface area contributed by atoms with E-state index in [4.69, 9.17) is 10.5 Å².